The van der Waals surface area contributed by atoms with Gasteiger partial charge in [-0.15, -0.1) is 0 Å². The van der Waals surface area contributed by atoms with Crippen LogP contribution in [0.5, 0.6) is 0 Å². The van der Waals surface area contributed by atoms with Gasteiger partial charge in [0.25, 0.3) is 5.91 Å². The Hall–Kier alpha value is -2.58. The van der Waals surface area contributed by atoms with Crippen LogP contribution in [0.2, 0.25) is 0 Å². The number of carbonyl (C=O) groups excluding carboxylic acids is 1. The van der Waals surface area contributed by atoms with Gasteiger partial charge in [0.05, 0.1) is 12.2 Å². The molecule has 0 bridgehead atoms. The van der Waals surface area contributed by atoms with Crippen LogP contribution in [0, 0.1) is 18.8 Å². The Kier molecular flexibility index (Phi) is 4.53. The number of aliphatic hydroxyl groups is 1. The molecule has 1 aromatic heterocycles. The molecule has 1 aromatic carbocycles. The van der Waals surface area contributed by atoms with Gasteiger partial charge in [0.15, 0.2) is 5.82 Å². The summed E-state index contributed by atoms with van der Waals surface area (Å²) in [5.41, 5.74) is 2.05. The Morgan fingerprint density at radius 1 is 1.45 bits per heavy atom. The number of anilines is 1. The summed E-state index contributed by atoms with van der Waals surface area (Å²) in [5, 5.41) is 15.0. The van der Waals surface area contributed by atoms with E-state index >= 15 is 0 Å². The van der Waals surface area contributed by atoms with Gasteiger partial charge in [-0.05, 0) is 19.1 Å². The van der Waals surface area contributed by atoms with Gasteiger partial charge in [-0.2, -0.15) is 0 Å². The van der Waals surface area contributed by atoms with Crippen molar-refractivity contribution in [3.63, 3.8) is 0 Å². The van der Waals surface area contributed by atoms with E-state index in [1.54, 1.807) is 18.2 Å². The third-order valence-electron chi connectivity index (χ3n) is 2.56. The molecule has 0 spiro atoms. The van der Waals surface area contributed by atoms with Crippen LogP contribution >= 0.6 is 0 Å². The third-order valence-corrected chi connectivity index (χ3v) is 2.56. The molecule has 0 aliphatic rings. The fraction of sp³-hybridized carbons (Fsp3) is 0.200. The van der Waals surface area contributed by atoms with Crippen molar-refractivity contribution in [2.24, 2.45) is 0 Å². The number of nitrogens with zero attached hydrogens (tertiary/aromatic N) is 1. The van der Waals surface area contributed by atoms with E-state index in [4.69, 9.17) is 5.11 Å². The molecule has 0 aliphatic heterocycles. The quantitative estimate of drug-likeness (QED) is 0.836. The molecular weight excluding hydrogens is 256 g/mol. The Labute approximate surface area is 116 Å². The molecule has 1 amide bonds. The summed E-state index contributed by atoms with van der Waals surface area (Å²) in [6.45, 7) is 1.90. The molecule has 0 aliphatic carbocycles. The maximum Gasteiger partial charge on any atom is 0.258 e. The number of rotatable bonds is 3. The van der Waals surface area contributed by atoms with Crippen molar-refractivity contribution < 1.29 is 14.4 Å². The molecule has 102 valence electrons. The summed E-state index contributed by atoms with van der Waals surface area (Å²) in [5.74, 6) is 5.76. The highest BCUT2D eigenvalue weighted by molar-refractivity contribution is 6.05. The van der Waals surface area contributed by atoms with E-state index in [1.165, 1.54) is 6.26 Å². The first-order chi connectivity index (χ1) is 9.70. The van der Waals surface area contributed by atoms with Gasteiger partial charge in [0.2, 0.25) is 0 Å². The lowest BCUT2D eigenvalue weighted by atomic mass is 10.0. The topological polar surface area (TPSA) is 75.4 Å². The maximum absolute atomic E-state index is 12.2. The maximum atomic E-state index is 12.2. The average molecular weight is 270 g/mol. The number of carbonyl (C=O) groups is 1. The van der Waals surface area contributed by atoms with E-state index in [9.17, 15) is 4.79 Å². The molecule has 2 rings (SSSR count). The summed E-state index contributed by atoms with van der Waals surface area (Å²) in [6.07, 6.45) is 1.76. The molecule has 5 nitrogen and oxygen atoms in total. The minimum Gasteiger partial charge on any atom is -0.395 e. The third kappa shape index (κ3) is 3.46. The Morgan fingerprint density at radius 2 is 2.30 bits per heavy atom. The van der Waals surface area contributed by atoms with Crippen molar-refractivity contribution in [1.82, 2.24) is 5.16 Å². The van der Waals surface area contributed by atoms with Crippen LogP contribution in [0.15, 0.2) is 35.1 Å². The first-order valence-electron chi connectivity index (χ1n) is 6.13. The van der Waals surface area contributed by atoms with Crippen molar-refractivity contribution in [3.8, 4) is 11.8 Å². The number of hydrogen-bond acceptors (Lipinski definition) is 4. The van der Waals surface area contributed by atoms with Crippen LogP contribution in [-0.4, -0.2) is 22.8 Å². The molecule has 0 saturated heterocycles. The minimum atomic E-state index is -0.295. The van der Waals surface area contributed by atoms with Gasteiger partial charge in [-0.1, -0.05) is 28.6 Å². The second-order valence-electron chi connectivity index (χ2n) is 4.16. The molecule has 0 atom stereocenters. The number of amides is 1. The van der Waals surface area contributed by atoms with Crippen molar-refractivity contribution in [2.45, 2.75) is 13.3 Å². The largest absolute Gasteiger partial charge is 0.395 e. The van der Waals surface area contributed by atoms with Crippen molar-refractivity contribution in [2.75, 3.05) is 11.9 Å². The summed E-state index contributed by atoms with van der Waals surface area (Å²) < 4.78 is 4.66. The van der Waals surface area contributed by atoms with Crippen LogP contribution in [0.4, 0.5) is 5.82 Å². The summed E-state index contributed by atoms with van der Waals surface area (Å²) >= 11 is 0. The number of benzene rings is 1. The van der Waals surface area contributed by atoms with Crippen molar-refractivity contribution in [3.05, 3.63) is 47.2 Å². The van der Waals surface area contributed by atoms with Gasteiger partial charge >= 0.3 is 0 Å². The van der Waals surface area contributed by atoms with Crippen LogP contribution < -0.4 is 5.32 Å². The Balaban J connectivity index is 2.27. The first-order valence-corrected chi connectivity index (χ1v) is 6.13. The van der Waals surface area contributed by atoms with Gasteiger partial charge in [-0.25, -0.2) is 0 Å². The van der Waals surface area contributed by atoms with E-state index in [0.29, 0.717) is 23.4 Å². The lowest BCUT2D eigenvalue weighted by molar-refractivity contribution is 0.102. The molecule has 5 heteroatoms. The van der Waals surface area contributed by atoms with E-state index in [2.05, 4.69) is 26.8 Å². The predicted octanol–water partition coefficient (Wildman–Crippen LogP) is 1.97. The minimum absolute atomic E-state index is 0.000664. The molecule has 0 saturated carbocycles. The highest BCUT2D eigenvalue weighted by Gasteiger charge is 2.12. The SMILES string of the molecule is Cc1ccc(C#CCCO)c(C(=O)Nc2ccon2)c1. The van der Waals surface area contributed by atoms with Gasteiger partial charge in [-0.3, -0.25) is 4.79 Å². The first kappa shape index (κ1) is 13.8. The number of aryl methyl sites for hydroxylation is 1. The normalized spacial score (nSPS) is 9.70. The van der Waals surface area contributed by atoms with Gasteiger partial charge < -0.3 is 14.9 Å². The molecule has 0 unspecified atom stereocenters. The van der Waals surface area contributed by atoms with Gasteiger partial charge in [0.1, 0.15) is 6.26 Å². The standard InChI is InChI=1S/C15H14N2O3/c1-11-5-6-12(4-2-3-8-18)13(10-11)15(19)16-14-7-9-20-17-14/h5-7,9-10,18H,3,8H2,1H3,(H,16,17,19). The lowest BCUT2D eigenvalue weighted by Crippen LogP contribution is -2.14. The zero-order valence-corrected chi connectivity index (χ0v) is 11.0. The van der Waals surface area contributed by atoms with Crippen LogP contribution in [0.1, 0.15) is 27.9 Å². The van der Waals surface area contributed by atoms with E-state index in [0.717, 1.165) is 5.56 Å². The number of aliphatic hydroxyl groups excluding tert-OH is 1. The number of nitrogens with one attached hydrogen (secondary N) is 1. The van der Waals surface area contributed by atoms with Crippen molar-refractivity contribution in [1.29, 1.82) is 0 Å². The van der Waals surface area contributed by atoms with E-state index < -0.39 is 0 Å². The number of hydrogen-bond donors (Lipinski definition) is 2. The van der Waals surface area contributed by atoms with Gasteiger partial charge in [0, 0.05) is 18.1 Å². The molecule has 2 aromatic rings. The average Bonchev–Trinajstić information content (AvgIpc) is 2.93. The molecule has 0 radical (unpaired) electrons. The fourth-order valence-electron chi connectivity index (χ4n) is 1.63. The molecule has 20 heavy (non-hydrogen) atoms. The van der Waals surface area contributed by atoms with Crippen LogP contribution in [-0.2, 0) is 0 Å². The highest BCUT2D eigenvalue weighted by Crippen LogP contribution is 2.13. The Bertz CT molecular complexity index is 651. The highest BCUT2D eigenvalue weighted by atomic mass is 16.5. The molecule has 2 N–H and O–H groups in total. The van der Waals surface area contributed by atoms with E-state index in [1.807, 2.05) is 13.0 Å². The Morgan fingerprint density at radius 3 is 3.00 bits per heavy atom. The van der Waals surface area contributed by atoms with E-state index in [-0.39, 0.29) is 12.5 Å². The summed E-state index contributed by atoms with van der Waals surface area (Å²) in [4.78, 5) is 12.2. The van der Waals surface area contributed by atoms with Crippen molar-refractivity contribution >= 4 is 11.7 Å². The monoisotopic (exact) mass is 270 g/mol. The smallest absolute Gasteiger partial charge is 0.258 e. The zero-order valence-electron chi connectivity index (χ0n) is 11.0. The second kappa shape index (κ2) is 6.55. The molecule has 0 fully saturated rings. The summed E-state index contributed by atoms with van der Waals surface area (Å²) in [6, 6.07) is 7.00. The van der Waals surface area contributed by atoms with Crippen LogP contribution in [0.25, 0.3) is 0 Å². The fourth-order valence-corrected chi connectivity index (χ4v) is 1.63. The lowest BCUT2D eigenvalue weighted by Gasteiger charge is -2.05. The summed E-state index contributed by atoms with van der Waals surface area (Å²) in [7, 11) is 0. The second-order valence-corrected chi connectivity index (χ2v) is 4.16. The van der Waals surface area contributed by atoms with Crippen LogP contribution in [0.3, 0.4) is 0 Å². The molecule has 1 heterocycles. The zero-order chi connectivity index (χ0) is 14.4. The predicted molar refractivity (Wildman–Crippen MR) is 74.2 cm³/mol. The molecular formula is C15H14N2O3. The number of aromatic nitrogens is 1.